The summed E-state index contributed by atoms with van der Waals surface area (Å²) in [5.41, 5.74) is 9.51. The van der Waals surface area contributed by atoms with Crippen molar-refractivity contribution < 1.29 is 4.74 Å². The molecule has 0 radical (unpaired) electrons. The van der Waals surface area contributed by atoms with Crippen LogP contribution in [0.25, 0.3) is 10.9 Å². The Labute approximate surface area is 166 Å². The molecule has 0 aliphatic heterocycles. The SMILES string of the molecule is COCc1ccc2nc(N(Cc3ccccn3)C3CCCC(N)C3)ccc2c1. The summed E-state index contributed by atoms with van der Waals surface area (Å²) in [6.07, 6.45) is 6.28. The van der Waals surface area contributed by atoms with E-state index in [2.05, 4.69) is 46.3 Å². The van der Waals surface area contributed by atoms with Crippen LogP contribution in [0.15, 0.2) is 54.7 Å². The van der Waals surface area contributed by atoms with E-state index in [1.54, 1.807) is 7.11 Å². The van der Waals surface area contributed by atoms with Gasteiger partial charge in [0, 0.05) is 30.8 Å². The predicted octanol–water partition coefficient (Wildman–Crippen LogP) is 4.05. The van der Waals surface area contributed by atoms with Crippen LogP contribution in [0.1, 0.15) is 36.9 Å². The Morgan fingerprint density at radius 2 is 2.07 bits per heavy atom. The summed E-state index contributed by atoms with van der Waals surface area (Å²) in [6, 6.07) is 17.3. The molecule has 2 N–H and O–H groups in total. The molecule has 1 saturated carbocycles. The van der Waals surface area contributed by atoms with Crippen LogP contribution in [0.3, 0.4) is 0 Å². The monoisotopic (exact) mass is 376 g/mol. The number of nitrogens with two attached hydrogens (primary N) is 1. The van der Waals surface area contributed by atoms with Crippen molar-refractivity contribution >= 4 is 16.7 Å². The van der Waals surface area contributed by atoms with Gasteiger partial charge < -0.3 is 15.4 Å². The molecule has 4 rings (SSSR count). The normalized spacial score (nSPS) is 19.6. The molecule has 0 amide bonds. The standard InChI is InChI=1S/C23H28N4O/c1-28-16-17-8-10-22-18(13-17)9-11-23(26-22)27(15-20-6-2-3-12-25-20)21-7-4-5-19(24)14-21/h2-3,6,8-13,19,21H,4-5,7,14-16,24H2,1H3. The first kappa shape index (κ1) is 18.8. The van der Waals surface area contributed by atoms with Gasteiger partial charge in [-0.1, -0.05) is 12.1 Å². The van der Waals surface area contributed by atoms with Crippen molar-refractivity contribution in [3.05, 3.63) is 66.0 Å². The lowest BCUT2D eigenvalue weighted by Gasteiger charge is -2.37. The number of hydrogen-bond donors (Lipinski definition) is 1. The molecule has 0 bridgehead atoms. The molecule has 2 heterocycles. The summed E-state index contributed by atoms with van der Waals surface area (Å²) >= 11 is 0. The van der Waals surface area contributed by atoms with E-state index in [9.17, 15) is 0 Å². The summed E-state index contributed by atoms with van der Waals surface area (Å²) in [5, 5.41) is 1.14. The molecule has 2 unspecified atom stereocenters. The fraction of sp³-hybridized carbons (Fsp3) is 0.391. The van der Waals surface area contributed by atoms with Gasteiger partial charge in [-0.05, 0) is 67.6 Å². The van der Waals surface area contributed by atoms with Crippen LogP contribution in [0.2, 0.25) is 0 Å². The van der Waals surface area contributed by atoms with E-state index in [0.29, 0.717) is 12.6 Å². The zero-order chi connectivity index (χ0) is 19.3. The second-order valence-corrected chi connectivity index (χ2v) is 7.66. The van der Waals surface area contributed by atoms with Gasteiger partial charge >= 0.3 is 0 Å². The number of rotatable bonds is 6. The number of nitrogens with zero attached hydrogens (tertiary/aromatic N) is 3. The van der Waals surface area contributed by atoms with Crippen LogP contribution in [0.4, 0.5) is 5.82 Å². The third kappa shape index (κ3) is 4.32. The Morgan fingerprint density at radius 3 is 2.86 bits per heavy atom. The second-order valence-electron chi connectivity index (χ2n) is 7.66. The average molecular weight is 377 g/mol. The third-order valence-corrected chi connectivity index (χ3v) is 5.53. The van der Waals surface area contributed by atoms with Crippen molar-refractivity contribution in [1.82, 2.24) is 9.97 Å². The maximum Gasteiger partial charge on any atom is 0.129 e. The number of methoxy groups -OCH3 is 1. The molecule has 2 aromatic heterocycles. The molecule has 5 heteroatoms. The van der Waals surface area contributed by atoms with Crippen molar-refractivity contribution in [1.29, 1.82) is 0 Å². The molecule has 0 spiro atoms. The van der Waals surface area contributed by atoms with E-state index < -0.39 is 0 Å². The molecule has 1 aromatic carbocycles. The molecule has 146 valence electrons. The number of hydrogen-bond acceptors (Lipinski definition) is 5. The van der Waals surface area contributed by atoms with E-state index >= 15 is 0 Å². The Kier molecular flexibility index (Phi) is 5.84. The number of anilines is 1. The maximum absolute atomic E-state index is 6.30. The van der Waals surface area contributed by atoms with Gasteiger partial charge in [0.05, 0.1) is 24.4 Å². The molecule has 0 saturated heterocycles. The number of fused-ring (bicyclic) bond motifs is 1. The van der Waals surface area contributed by atoms with Crippen molar-refractivity contribution in [3.63, 3.8) is 0 Å². The lowest BCUT2D eigenvalue weighted by atomic mass is 9.90. The Balaban J connectivity index is 1.67. The Morgan fingerprint density at radius 1 is 1.14 bits per heavy atom. The quantitative estimate of drug-likeness (QED) is 0.703. The average Bonchev–Trinajstić information content (AvgIpc) is 2.73. The summed E-state index contributed by atoms with van der Waals surface area (Å²) in [4.78, 5) is 11.9. The lowest BCUT2D eigenvalue weighted by molar-refractivity contribution is 0.185. The van der Waals surface area contributed by atoms with E-state index in [0.717, 1.165) is 53.8 Å². The molecule has 3 aromatic rings. The van der Waals surface area contributed by atoms with Gasteiger partial charge in [0.15, 0.2) is 0 Å². The van der Waals surface area contributed by atoms with Gasteiger partial charge in [0.1, 0.15) is 5.82 Å². The van der Waals surface area contributed by atoms with E-state index in [1.165, 1.54) is 6.42 Å². The topological polar surface area (TPSA) is 64.3 Å². The minimum Gasteiger partial charge on any atom is -0.380 e. The molecule has 5 nitrogen and oxygen atoms in total. The van der Waals surface area contributed by atoms with Gasteiger partial charge in [0.25, 0.3) is 0 Å². The highest BCUT2D eigenvalue weighted by molar-refractivity contribution is 5.81. The van der Waals surface area contributed by atoms with E-state index in [-0.39, 0.29) is 6.04 Å². The van der Waals surface area contributed by atoms with Gasteiger partial charge in [-0.15, -0.1) is 0 Å². The zero-order valence-corrected chi connectivity index (χ0v) is 16.4. The smallest absolute Gasteiger partial charge is 0.129 e. The third-order valence-electron chi connectivity index (χ3n) is 5.53. The Hall–Kier alpha value is -2.50. The van der Waals surface area contributed by atoms with Crippen molar-refractivity contribution in [3.8, 4) is 0 Å². The minimum atomic E-state index is 0.266. The fourth-order valence-electron chi connectivity index (χ4n) is 4.13. The Bertz CT molecular complexity index is 915. The first-order valence-electron chi connectivity index (χ1n) is 10.0. The van der Waals surface area contributed by atoms with Gasteiger partial charge in [-0.3, -0.25) is 4.98 Å². The van der Waals surface area contributed by atoms with Gasteiger partial charge in [-0.2, -0.15) is 0 Å². The molecule has 2 atom stereocenters. The lowest BCUT2D eigenvalue weighted by Crippen LogP contribution is -2.43. The number of benzene rings is 1. The van der Waals surface area contributed by atoms with Crippen LogP contribution in [0.5, 0.6) is 0 Å². The zero-order valence-electron chi connectivity index (χ0n) is 16.4. The van der Waals surface area contributed by atoms with Crippen LogP contribution < -0.4 is 10.6 Å². The first-order valence-corrected chi connectivity index (χ1v) is 10.0. The predicted molar refractivity (Wildman–Crippen MR) is 113 cm³/mol. The van der Waals surface area contributed by atoms with Crippen molar-refractivity contribution in [2.75, 3.05) is 12.0 Å². The summed E-state index contributed by atoms with van der Waals surface area (Å²) < 4.78 is 5.25. The van der Waals surface area contributed by atoms with Crippen molar-refractivity contribution in [2.24, 2.45) is 5.73 Å². The second kappa shape index (κ2) is 8.67. The summed E-state index contributed by atoms with van der Waals surface area (Å²) in [7, 11) is 1.72. The van der Waals surface area contributed by atoms with E-state index in [1.807, 2.05) is 18.3 Å². The molecule has 1 aliphatic rings. The molecule has 1 aliphatic carbocycles. The van der Waals surface area contributed by atoms with Gasteiger partial charge in [0.2, 0.25) is 0 Å². The maximum atomic E-state index is 6.30. The van der Waals surface area contributed by atoms with Crippen LogP contribution in [-0.2, 0) is 17.9 Å². The van der Waals surface area contributed by atoms with Crippen LogP contribution >= 0.6 is 0 Å². The number of aromatic nitrogens is 2. The van der Waals surface area contributed by atoms with E-state index in [4.69, 9.17) is 15.5 Å². The first-order chi connectivity index (χ1) is 13.7. The number of ether oxygens (including phenoxy) is 1. The molecular weight excluding hydrogens is 348 g/mol. The molecule has 28 heavy (non-hydrogen) atoms. The highest BCUT2D eigenvalue weighted by Gasteiger charge is 2.26. The van der Waals surface area contributed by atoms with Crippen LogP contribution in [0, 0.1) is 0 Å². The highest BCUT2D eigenvalue weighted by atomic mass is 16.5. The largest absolute Gasteiger partial charge is 0.380 e. The summed E-state index contributed by atoms with van der Waals surface area (Å²) in [6.45, 7) is 1.36. The molecular formula is C23H28N4O. The number of pyridine rings is 2. The molecule has 1 fully saturated rings. The van der Waals surface area contributed by atoms with Crippen molar-refractivity contribution in [2.45, 2.75) is 50.9 Å². The van der Waals surface area contributed by atoms with Gasteiger partial charge in [-0.25, -0.2) is 4.98 Å². The highest BCUT2D eigenvalue weighted by Crippen LogP contribution is 2.29. The fourth-order valence-corrected chi connectivity index (χ4v) is 4.13. The van der Waals surface area contributed by atoms with Crippen LogP contribution in [-0.4, -0.2) is 29.2 Å². The minimum absolute atomic E-state index is 0.266. The summed E-state index contributed by atoms with van der Waals surface area (Å²) in [5.74, 6) is 0.997.